The second-order valence-corrected chi connectivity index (χ2v) is 7.54. The predicted molar refractivity (Wildman–Crippen MR) is 101 cm³/mol. The van der Waals surface area contributed by atoms with Gasteiger partial charge in [0.25, 0.3) is 0 Å². The second-order valence-electron chi connectivity index (χ2n) is 5.77. The van der Waals surface area contributed by atoms with Crippen LogP contribution in [0.15, 0.2) is 65.8 Å². The molecule has 0 amide bonds. The highest BCUT2D eigenvalue weighted by atomic mass is 32.2. The van der Waals surface area contributed by atoms with Crippen LogP contribution in [0.1, 0.15) is 17.3 Å². The number of aromatic nitrogens is 3. The van der Waals surface area contributed by atoms with Gasteiger partial charge in [-0.1, -0.05) is 12.1 Å². The van der Waals surface area contributed by atoms with Crippen molar-refractivity contribution < 1.29 is 13.2 Å². The Labute approximate surface area is 157 Å². The van der Waals surface area contributed by atoms with Crippen molar-refractivity contribution in [1.29, 1.82) is 0 Å². The lowest BCUT2D eigenvalue weighted by atomic mass is 10.2. The third-order valence-corrected chi connectivity index (χ3v) is 5.29. The monoisotopic (exact) mass is 385 g/mol. The molecule has 0 unspecified atom stereocenters. The molecule has 0 spiro atoms. The minimum absolute atomic E-state index is 0.111. The number of Topliss-reactive ketones (excluding diaryl/α,β-unsaturated/α-hetero) is 1. The maximum absolute atomic E-state index is 12.2. The second kappa shape index (κ2) is 8.11. The molecule has 0 aliphatic rings. The summed E-state index contributed by atoms with van der Waals surface area (Å²) in [4.78, 5) is 11.4. The first-order valence-corrected chi connectivity index (χ1v) is 9.76. The van der Waals surface area contributed by atoms with Gasteiger partial charge in [0, 0.05) is 31.0 Å². The van der Waals surface area contributed by atoms with Gasteiger partial charge in [-0.3, -0.25) is 4.79 Å². The van der Waals surface area contributed by atoms with Crippen molar-refractivity contribution in [2.75, 3.05) is 18.4 Å². The minimum Gasteiger partial charge on any atom is -0.367 e. The van der Waals surface area contributed by atoms with Gasteiger partial charge >= 0.3 is 0 Å². The summed E-state index contributed by atoms with van der Waals surface area (Å²) in [5.74, 6) is 1.14. The van der Waals surface area contributed by atoms with Gasteiger partial charge in [-0.15, -0.1) is 10.2 Å². The fourth-order valence-electron chi connectivity index (χ4n) is 2.37. The predicted octanol–water partition coefficient (Wildman–Crippen LogP) is 1.86. The van der Waals surface area contributed by atoms with Crippen LogP contribution in [0.4, 0.5) is 5.82 Å². The van der Waals surface area contributed by atoms with Crippen LogP contribution in [0.25, 0.3) is 5.82 Å². The van der Waals surface area contributed by atoms with E-state index in [1.807, 2.05) is 35.2 Å². The number of nitrogens with one attached hydrogen (secondary N) is 2. The van der Waals surface area contributed by atoms with E-state index in [0.717, 1.165) is 0 Å². The maximum atomic E-state index is 12.2. The van der Waals surface area contributed by atoms with Crippen LogP contribution in [0.5, 0.6) is 0 Å². The molecule has 0 atom stereocenters. The molecule has 3 aromatic rings. The Kier molecular flexibility index (Phi) is 5.63. The summed E-state index contributed by atoms with van der Waals surface area (Å²) in [5, 5.41) is 11.2. The van der Waals surface area contributed by atoms with Crippen LogP contribution in [-0.2, 0) is 10.0 Å². The highest BCUT2D eigenvalue weighted by molar-refractivity contribution is 7.89. The minimum atomic E-state index is -3.63. The van der Waals surface area contributed by atoms with Gasteiger partial charge in [0.2, 0.25) is 10.0 Å². The summed E-state index contributed by atoms with van der Waals surface area (Å²) < 4.78 is 28.8. The Hall–Kier alpha value is -3.04. The number of ketones is 1. The number of anilines is 1. The Morgan fingerprint density at radius 1 is 1.00 bits per heavy atom. The first-order valence-electron chi connectivity index (χ1n) is 8.27. The van der Waals surface area contributed by atoms with Crippen LogP contribution < -0.4 is 10.0 Å². The average Bonchev–Trinajstić information content (AvgIpc) is 3.20. The molecule has 27 heavy (non-hydrogen) atoms. The van der Waals surface area contributed by atoms with Crippen molar-refractivity contribution in [3.63, 3.8) is 0 Å². The number of rotatable bonds is 8. The van der Waals surface area contributed by atoms with Gasteiger partial charge in [-0.05, 0) is 43.3 Å². The van der Waals surface area contributed by atoms with Crippen LogP contribution in [0, 0.1) is 0 Å². The van der Waals surface area contributed by atoms with E-state index < -0.39 is 10.0 Å². The zero-order chi connectivity index (χ0) is 19.3. The zero-order valence-corrected chi connectivity index (χ0v) is 15.5. The standard InChI is InChI=1S/C18H19N5O3S/c1-14(24)15-4-6-16(7-5-15)27(25,26)20-11-10-19-17-8-9-18(22-21-17)23-12-2-3-13-23/h2-9,12-13,20H,10-11H2,1H3,(H,19,21). The summed E-state index contributed by atoms with van der Waals surface area (Å²) in [7, 11) is -3.63. The lowest BCUT2D eigenvalue weighted by molar-refractivity contribution is 0.101. The fraction of sp³-hybridized carbons (Fsp3) is 0.167. The van der Waals surface area contributed by atoms with E-state index >= 15 is 0 Å². The van der Waals surface area contributed by atoms with Gasteiger partial charge < -0.3 is 9.88 Å². The average molecular weight is 385 g/mol. The van der Waals surface area contributed by atoms with E-state index in [1.54, 1.807) is 6.07 Å². The van der Waals surface area contributed by atoms with Gasteiger partial charge in [0.15, 0.2) is 11.6 Å². The molecule has 0 aliphatic carbocycles. The molecule has 1 aromatic carbocycles. The quantitative estimate of drug-likeness (QED) is 0.453. The van der Waals surface area contributed by atoms with E-state index in [9.17, 15) is 13.2 Å². The largest absolute Gasteiger partial charge is 0.367 e. The van der Waals surface area contributed by atoms with Gasteiger partial charge in [-0.25, -0.2) is 13.1 Å². The number of hydrogen-bond acceptors (Lipinski definition) is 6. The molecule has 0 saturated carbocycles. The molecular formula is C18H19N5O3S. The molecule has 0 aliphatic heterocycles. The molecule has 0 bridgehead atoms. The number of carbonyl (C=O) groups excluding carboxylic acids is 1. The van der Waals surface area contributed by atoms with E-state index in [2.05, 4.69) is 20.2 Å². The topological polar surface area (TPSA) is 106 Å². The van der Waals surface area contributed by atoms with Gasteiger partial charge in [-0.2, -0.15) is 0 Å². The molecule has 3 rings (SSSR count). The normalized spacial score (nSPS) is 11.3. The molecule has 0 radical (unpaired) electrons. The zero-order valence-electron chi connectivity index (χ0n) is 14.7. The fourth-order valence-corrected chi connectivity index (χ4v) is 3.40. The highest BCUT2D eigenvalue weighted by Crippen LogP contribution is 2.11. The summed E-state index contributed by atoms with van der Waals surface area (Å²) in [6, 6.07) is 13.2. The summed E-state index contributed by atoms with van der Waals surface area (Å²) in [6.07, 6.45) is 3.74. The third kappa shape index (κ3) is 4.78. The number of sulfonamides is 1. The molecular weight excluding hydrogens is 366 g/mol. The first kappa shape index (κ1) is 18.7. The smallest absolute Gasteiger partial charge is 0.240 e. The van der Waals surface area contributed by atoms with Gasteiger partial charge in [0.1, 0.15) is 5.82 Å². The lowest BCUT2D eigenvalue weighted by Gasteiger charge is -2.09. The summed E-state index contributed by atoms with van der Waals surface area (Å²) in [5.41, 5.74) is 0.470. The van der Waals surface area contributed by atoms with E-state index in [0.29, 0.717) is 23.7 Å². The molecule has 8 nitrogen and oxygen atoms in total. The van der Waals surface area contributed by atoms with Crippen molar-refractivity contribution in [2.24, 2.45) is 0 Å². The van der Waals surface area contributed by atoms with Crippen LogP contribution in [0.2, 0.25) is 0 Å². The number of hydrogen-bond donors (Lipinski definition) is 2. The molecule has 0 fully saturated rings. The number of benzene rings is 1. The molecule has 9 heteroatoms. The van der Waals surface area contributed by atoms with Crippen LogP contribution in [0.3, 0.4) is 0 Å². The SMILES string of the molecule is CC(=O)c1ccc(S(=O)(=O)NCCNc2ccc(-n3cccc3)nn2)cc1. The Morgan fingerprint density at radius 2 is 1.70 bits per heavy atom. The van der Waals surface area contributed by atoms with Crippen LogP contribution in [-0.4, -0.2) is 42.1 Å². The van der Waals surface area contributed by atoms with E-state index in [4.69, 9.17) is 0 Å². The maximum Gasteiger partial charge on any atom is 0.240 e. The van der Waals surface area contributed by atoms with Crippen molar-refractivity contribution >= 4 is 21.6 Å². The van der Waals surface area contributed by atoms with E-state index in [1.165, 1.54) is 31.2 Å². The molecule has 140 valence electrons. The highest BCUT2D eigenvalue weighted by Gasteiger charge is 2.13. The lowest BCUT2D eigenvalue weighted by Crippen LogP contribution is -2.29. The molecule has 0 saturated heterocycles. The number of nitrogens with zero attached hydrogens (tertiary/aromatic N) is 3. The summed E-state index contributed by atoms with van der Waals surface area (Å²) >= 11 is 0. The van der Waals surface area contributed by atoms with Crippen molar-refractivity contribution in [2.45, 2.75) is 11.8 Å². The van der Waals surface area contributed by atoms with Crippen LogP contribution >= 0.6 is 0 Å². The molecule has 2 heterocycles. The Morgan fingerprint density at radius 3 is 2.30 bits per heavy atom. The van der Waals surface area contributed by atoms with Crippen molar-refractivity contribution in [3.05, 3.63) is 66.5 Å². The number of carbonyl (C=O) groups is 1. The Balaban J connectivity index is 1.51. The molecule has 2 N–H and O–H groups in total. The van der Waals surface area contributed by atoms with E-state index in [-0.39, 0.29) is 17.2 Å². The van der Waals surface area contributed by atoms with Crippen molar-refractivity contribution in [3.8, 4) is 5.82 Å². The third-order valence-electron chi connectivity index (χ3n) is 3.81. The van der Waals surface area contributed by atoms with Crippen molar-refractivity contribution in [1.82, 2.24) is 19.5 Å². The molecule has 2 aromatic heterocycles. The summed E-state index contributed by atoms with van der Waals surface area (Å²) in [6.45, 7) is 1.96. The van der Waals surface area contributed by atoms with Gasteiger partial charge in [0.05, 0.1) is 4.90 Å². The Bertz CT molecular complexity index is 998. The first-order chi connectivity index (χ1) is 13.0.